The highest BCUT2D eigenvalue weighted by atomic mass is 19.1. The van der Waals surface area contributed by atoms with Crippen molar-refractivity contribution >= 4 is 5.91 Å². The van der Waals surface area contributed by atoms with Crippen molar-refractivity contribution in [1.82, 2.24) is 15.7 Å². The number of hydrogen-bond acceptors (Lipinski definition) is 5. The zero-order valence-electron chi connectivity index (χ0n) is 12.8. The molecule has 4 rings (SSSR count). The Morgan fingerprint density at radius 1 is 1.57 bits per heavy atom. The molecule has 1 aromatic carbocycles. The number of carbonyl (C=O) groups excluding carboxylic acids is 1. The SMILES string of the molecule is O=C(NO)c1cc(F)c2c(c1)CCN(C[C@]13CN[C@H](CO1)C3)C2. The Labute approximate surface area is 133 Å². The van der Waals surface area contributed by atoms with Crippen LogP contribution in [0.5, 0.6) is 0 Å². The number of fused-ring (bicyclic) bond motifs is 3. The molecule has 7 heteroatoms. The van der Waals surface area contributed by atoms with Crippen molar-refractivity contribution in [2.45, 2.75) is 31.0 Å². The average Bonchev–Trinajstić information content (AvgIpc) is 3.14. The number of hydrogen-bond donors (Lipinski definition) is 3. The molecule has 2 fully saturated rings. The summed E-state index contributed by atoms with van der Waals surface area (Å²) < 4.78 is 20.3. The first-order valence-electron chi connectivity index (χ1n) is 7.94. The number of carbonyl (C=O) groups is 1. The van der Waals surface area contributed by atoms with E-state index in [0.717, 1.165) is 38.2 Å². The lowest BCUT2D eigenvalue weighted by atomic mass is 9.94. The largest absolute Gasteiger partial charge is 0.371 e. The van der Waals surface area contributed by atoms with Crippen molar-refractivity contribution in [3.05, 3.63) is 34.6 Å². The normalized spacial score (nSPS) is 29.6. The monoisotopic (exact) mass is 321 g/mol. The van der Waals surface area contributed by atoms with Crippen molar-refractivity contribution in [3.8, 4) is 0 Å². The first-order chi connectivity index (χ1) is 11.1. The molecule has 0 aromatic heterocycles. The number of morpholine rings is 1. The third-order valence-electron chi connectivity index (χ3n) is 5.16. The molecule has 0 spiro atoms. The number of benzene rings is 1. The maximum atomic E-state index is 14.4. The number of nitrogens with one attached hydrogen (secondary N) is 2. The first-order valence-corrected chi connectivity index (χ1v) is 7.94. The Bertz CT molecular complexity index is 644. The van der Waals surface area contributed by atoms with Crippen molar-refractivity contribution in [3.63, 3.8) is 0 Å². The molecule has 1 aromatic rings. The summed E-state index contributed by atoms with van der Waals surface area (Å²) in [6.07, 6.45) is 1.71. The highest BCUT2D eigenvalue weighted by molar-refractivity contribution is 5.93. The van der Waals surface area contributed by atoms with Gasteiger partial charge in [0.15, 0.2) is 0 Å². The zero-order valence-corrected chi connectivity index (χ0v) is 12.8. The van der Waals surface area contributed by atoms with Crippen LogP contribution in [-0.4, -0.2) is 53.9 Å². The molecule has 3 aliphatic rings. The molecule has 0 saturated carbocycles. The van der Waals surface area contributed by atoms with Crippen molar-refractivity contribution < 1.29 is 19.1 Å². The Kier molecular flexibility index (Phi) is 3.60. The zero-order chi connectivity index (χ0) is 16.0. The summed E-state index contributed by atoms with van der Waals surface area (Å²) in [5, 5.41) is 12.1. The number of nitrogens with zero attached hydrogens (tertiary/aromatic N) is 1. The van der Waals surface area contributed by atoms with E-state index in [1.807, 2.05) is 0 Å². The van der Waals surface area contributed by atoms with Crippen LogP contribution >= 0.6 is 0 Å². The van der Waals surface area contributed by atoms with Crippen LogP contribution in [0.1, 0.15) is 27.9 Å². The second-order valence-corrected chi connectivity index (χ2v) is 6.77. The molecule has 2 bridgehead atoms. The van der Waals surface area contributed by atoms with E-state index in [0.29, 0.717) is 24.6 Å². The predicted molar refractivity (Wildman–Crippen MR) is 79.7 cm³/mol. The number of ether oxygens (including phenoxy) is 1. The minimum atomic E-state index is -0.685. The second kappa shape index (κ2) is 5.52. The smallest absolute Gasteiger partial charge is 0.274 e. The van der Waals surface area contributed by atoms with Gasteiger partial charge in [-0.1, -0.05) is 0 Å². The van der Waals surface area contributed by atoms with Gasteiger partial charge in [0, 0.05) is 43.3 Å². The van der Waals surface area contributed by atoms with Crippen LogP contribution in [0.15, 0.2) is 12.1 Å². The molecule has 3 N–H and O–H groups in total. The van der Waals surface area contributed by atoms with Crippen LogP contribution in [0.2, 0.25) is 0 Å². The van der Waals surface area contributed by atoms with E-state index >= 15 is 0 Å². The minimum Gasteiger partial charge on any atom is -0.371 e. The number of halogens is 1. The Morgan fingerprint density at radius 2 is 2.43 bits per heavy atom. The van der Waals surface area contributed by atoms with Gasteiger partial charge in [0.25, 0.3) is 5.91 Å². The lowest BCUT2D eigenvalue weighted by Gasteiger charge is -2.36. The van der Waals surface area contributed by atoms with Gasteiger partial charge in [0.2, 0.25) is 0 Å². The van der Waals surface area contributed by atoms with Crippen LogP contribution in [0.3, 0.4) is 0 Å². The molecule has 124 valence electrons. The number of rotatable bonds is 3. The molecule has 0 radical (unpaired) electrons. The second-order valence-electron chi connectivity index (χ2n) is 6.77. The summed E-state index contributed by atoms with van der Waals surface area (Å²) in [5.74, 6) is -1.08. The van der Waals surface area contributed by atoms with E-state index < -0.39 is 11.7 Å². The fourth-order valence-electron chi connectivity index (χ4n) is 4.01. The van der Waals surface area contributed by atoms with Gasteiger partial charge in [0.1, 0.15) is 5.82 Å². The van der Waals surface area contributed by atoms with Crippen molar-refractivity contribution in [2.75, 3.05) is 26.2 Å². The molecule has 1 amide bonds. The van der Waals surface area contributed by atoms with Crippen LogP contribution in [0, 0.1) is 5.82 Å². The maximum absolute atomic E-state index is 14.4. The average molecular weight is 321 g/mol. The summed E-state index contributed by atoms with van der Waals surface area (Å²) in [5.41, 5.74) is 3.05. The van der Waals surface area contributed by atoms with Gasteiger partial charge in [-0.25, -0.2) is 9.87 Å². The summed E-state index contributed by atoms with van der Waals surface area (Å²) in [6.45, 7) is 3.76. The molecule has 3 heterocycles. The van der Waals surface area contributed by atoms with Crippen LogP contribution in [0.4, 0.5) is 4.39 Å². The van der Waals surface area contributed by atoms with Gasteiger partial charge in [-0.3, -0.25) is 14.9 Å². The lowest BCUT2D eigenvalue weighted by Crippen LogP contribution is -2.49. The Hall–Kier alpha value is -1.54. The molecule has 6 nitrogen and oxygen atoms in total. The molecule has 0 unspecified atom stereocenters. The Morgan fingerprint density at radius 3 is 3.09 bits per heavy atom. The highest BCUT2D eigenvalue weighted by Crippen LogP contribution is 2.33. The molecule has 23 heavy (non-hydrogen) atoms. The van der Waals surface area contributed by atoms with Crippen LogP contribution in [0.25, 0.3) is 0 Å². The fraction of sp³-hybridized carbons (Fsp3) is 0.562. The van der Waals surface area contributed by atoms with Gasteiger partial charge in [-0.05, 0) is 30.5 Å². The van der Waals surface area contributed by atoms with E-state index in [4.69, 9.17) is 9.94 Å². The first kappa shape index (κ1) is 15.0. The van der Waals surface area contributed by atoms with Crippen LogP contribution < -0.4 is 10.8 Å². The van der Waals surface area contributed by atoms with Gasteiger partial charge in [-0.2, -0.15) is 0 Å². The maximum Gasteiger partial charge on any atom is 0.274 e. The van der Waals surface area contributed by atoms with Crippen LogP contribution in [-0.2, 0) is 17.7 Å². The standard InChI is InChI=1S/C16H20FN3O3/c17-14-4-11(15(21)19-22)3-10-1-2-20(6-13(10)14)9-16-5-12(7-23-16)18-8-16/h3-4,12,18,22H,1-2,5-9H2,(H,19,21)/t12-,16-/m0/s1. The third-order valence-corrected chi connectivity index (χ3v) is 5.16. The van der Waals surface area contributed by atoms with Gasteiger partial charge in [0.05, 0.1) is 12.2 Å². The predicted octanol–water partition coefficient (Wildman–Crippen LogP) is 0.434. The molecule has 3 aliphatic heterocycles. The molecule has 2 saturated heterocycles. The summed E-state index contributed by atoms with van der Waals surface area (Å²) in [7, 11) is 0. The molecular formula is C16H20FN3O3. The van der Waals surface area contributed by atoms with E-state index in [9.17, 15) is 9.18 Å². The van der Waals surface area contributed by atoms with Gasteiger partial charge >= 0.3 is 0 Å². The molecule has 0 aliphatic carbocycles. The fourth-order valence-corrected chi connectivity index (χ4v) is 4.01. The Balaban J connectivity index is 1.52. The highest BCUT2D eigenvalue weighted by Gasteiger charge is 2.47. The molecular weight excluding hydrogens is 301 g/mol. The number of amides is 1. The minimum absolute atomic E-state index is 0.130. The van der Waals surface area contributed by atoms with Crippen molar-refractivity contribution in [1.29, 1.82) is 0 Å². The van der Waals surface area contributed by atoms with E-state index in [1.54, 1.807) is 11.5 Å². The van der Waals surface area contributed by atoms with E-state index in [-0.39, 0.29) is 11.2 Å². The summed E-state index contributed by atoms with van der Waals surface area (Å²) in [4.78, 5) is 13.7. The summed E-state index contributed by atoms with van der Waals surface area (Å²) in [6, 6.07) is 3.31. The topological polar surface area (TPSA) is 73.8 Å². The number of hydroxylamine groups is 1. The van der Waals surface area contributed by atoms with Gasteiger partial charge in [-0.15, -0.1) is 0 Å². The molecule has 2 atom stereocenters. The quantitative estimate of drug-likeness (QED) is 0.556. The third kappa shape index (κ3) is 2.63. The lowest BCUT2D eigenvalue weighted by molar-refractivity contribution is -0.0325. The van der Waals surface area contributed by atoms with Crippen molar-refractivity contribution in [2.24, 2.45) is 0 Å². The summed E-state index contributed by atoms with van der Waals surface area (Å²) >= 11 is 0. The van der Waals surface area contributed by atoms with Gasteiger partial charge < -0.3 is 10.1 Å². The van der Waals surface area contributed by atoms with E-state index in [2.05, 4.69) is 10.2 Å². The van der Waals surface area contributed by atoms with E-state index in [1.165, 1.54) is 6.07 Å².